The number of ether oxygens (including phenoxy) is 1. The van der Waals surface area contributed by atoms with E-state index in [0.717, 1.165) is 0 Å². The van der Waals surface area contributed by atoms with Gasteiger partial charge in [-0.2, -0.15) is 0 Å². The summed E-state index contributed by atoms with van der Waals surface area (Å²) in [6.45, 7) is 3.74. The fourth-order valence-corrected chi connectivity index (χ4v) is 3.81. The van der Waals surface area contributed by atoms with Crippen LogP contribution in [0.3, 0.4) is 0 Å². The highest BCUT2D eigenvalue weighted by Crippen LogP contribution is 2.23. The Balaban J connectivity index is 2.24. The Hall–Kier alpha value is -1.86. The number of carbonyl (C=O) groups is 1. The van der Waals surface area contributed by atoms with E-state index in [1.165, 1.54) is 24.3 Å². The number of benzene rings is 2. The summed E-state index contributed by atoms with van der Waals surface area (Å²) in [4.78, 5) is 11.8. The lowest BCUT2D eigenvalue weighted by atomic mass is 10.2. The topological polar surface area (TPSA) is 72.5 Å². The molecule has 0 fully saturated rings. The van der Waals surface area contributed by atoms with E-state index < -0.39 is 16.0 Å². The van der Waals surface area contributed by atoms with E-state index in [-0.39, 0.29) is 11.5 Å². The van der Waals surface area contributed by atoms with E-state index in [1.54, 1.807) is 32.0 Å². The van der Waals surface area contributed by atoms with E-state index in [2.05, 4.69) is 20.7 Å². The molecule has 0 saturated carbocycles. The molecule has 0 unspecified atom stereocenters. The molecule has 0 bridgehead atoms. The number of carbonyl (C=O) groups excluding carboxylic acids is 1. The molecule has 0 saturated heterocycles. The molecular weight excluding hydrogens is 382 g/mol. The van der Waals surface area contributed by atoms with Gasteiger partial charge in [-0.15, -0.1) is 0 Å². The zero-order valence-electron chi connectivity index (χ0n) is 12.7. The first-order chi connectivity index (χ1) is 10.8. The van der Waals surface area contributed by atoms with Gasteiger partial charge in [-0.25, -0.2) is 13.2 Å². The molecule has 0 heterocycles. The zero-order valence-corrected chi connectivity index (χ0v) is 15.1. The van der Waals surface area contributed by atoms with E-state index in [9.17, 15) is 13.2 Å². The summed E-state index contributed by atoms with van der Waals surface area (Å²) in [6.07, 6.45) is 0. The van der Waals surface area contributed by atoms with Gasteiger partial charge >= 0.3 is 5.97 Å². The minimum atomic E-state index is -3.71. The molecule has 122 valence electrons. The van der Waals surface area contributed by atoms with Gasteiger partial charge in [0.15, 0.2) is 0 Å². The molecule has 2 rings (SSSR count). The first kappa shape index (κ1) is 17.5. The lowest BCUT2D eigenvalue weighted by Crippen LogP contribution is -2.14. The van der Waals surface area contributed by atoms with Crippen LogP contribution in [0.1, 0.15) is 22.8 Å². The van der Waals surface area contributed by atoms with E-state index in [0.29, 0.717) is 21.3 Å². The smallest absolute Gasteiger partial charge is 0.338 e. The summed E-state index contributed by atoms with van der Waals surface area (Å²) in [5.74, 6) is -0.440. The summed E-state index contributed by atoms with van der Waals surface area (Å²) in [6, 6.07) is 11.1. The summed E-state index contributed by atoms with van der Waals surface area (Å²) in [5, 5.41) is 0. The molecule has 0 atom stereocenters. The van der Waals surface area contributed by atoms with Gasteiger partial charge in [0.05, 0.1) is 17.1 Å². The average molecular weight is 398 g/mol. The summed E-state index contributed by atoms with van der Waals surface area (Å²) >= 11 is 3.27. The second-order valence-corrected chi connectivity index (χ2v) is 7.38. The Morgan fingerprint density at radius 2 is 1.83 bits per heavy atom. The molecule has 0 spiro atoms. The number of aryl methyl sites for hydroxylation is 1. The molecule has 0 aromatic heterocycles. The number of hydrogen-bond donors (Lipinski definition) is 1. The van der Waals surface area contributed by atoms with Gasteiger partial charge < -0.3 is 4.74 Å². The van der Waals surface area contributed by atoms with Crippen LogP contribution in [0.4, 0.5) is 5.69 Å². The normalized spacial score (nSPS) is 11.1. The highest BCUT2D eigenvalue weighted by atomic mass is 79.9. The molecule has 0 amide bonds. The highest BCUT2D eigenvalue weighted by molar-refractivity contribution is 9.10. The maximum atomic E-state index is 12.5. The fraction of sp³-hybridized carbons (Fsp3) is 0.188. The number of anilines is 1. The van der Waals surface area contributed by atoms with Crippen molar-refractivity contribution < 1.29 is 17.9 Å². The van der Waals surface area contributed by atoms with Crippen molar-refractivity contribution >= 4 is 37.6 Å². The minimum absolute atomic E-state index is 0.196. The second-order valence-electron chi connectivity index (χ2n) is 4.81. The molecule has 0 radical (unpaired) electrons. The SMILES string of the molecule is CCOC(=O)c1ccc(NS(=O)(=O)c2cc(Br)ccc2C)cc1. The van der Waals surface area contributed by atoms with Crippen LogP contribution >= 0.6 is 15.9 Å². The van der Waals surface area contributed by atoms with Gasteiger partial charge in [0.25, 0.3) is 10.0 Å². The maximum Gasteiger partial charge on any atom is 0.338 e. The highest BCUT2D eigenvalue weighted by Gasteiger charge is 2.17. The number of esters is 1. The molecule has 23 heavy (non-hydrogen) atoms. The van der Waals surface area contributed by atoms with Crippen molar-refractivity contribution in [3.05, 3.63) is 58.1 Å². The van der Waals surface area contributed by atoms with Crippen molar-refractivity contribution in [3.63, 3.8) is 0 Å². The Labute approximate surface area is 143 Å². The van der Waals surface area contributed by atoms with Crippen LogP contribution in [-0.2, 0) is 14.8 Å². The third-order valence-electron chi connectivity index (χ3n) is 3.09. The summed E-state index contributed by atoms with van der Waals surface area (Å²) in [5.41, 5.74) is 1.38. The Morgan fingerprint density at radius 1 is 1.17 bits per heavy atom. The minimum Gasteiger partial charge on any atom is -0.462 e. The zero-order chi connectivity index (χ0) is 17.0. The quantitative estimate of drug-likeness (QED) is 0.779. The van der Waals surface area contributed by atoms with E-state index in [4.69, 9.17) is 4.74 Å². The average Bonchev–Trinajstić information content (AvgIpc) is 2.50. The monoisotopic (exact) mass is 397 g/mol. The van der Waals surface area contributed by atoms with Crippen LogP contribution in [0.25, 0.3) is 0 Å². The number of sulfonamides is 1. The third-order valence-corrected chi connectivity index (χ3v) is 5.10. The molecule has 0 aliphatic carbocycles. The van der Waals surface area contributed by atoms with E-state index in [1.807, 2.05) is 0 Å². The van der Waals surface area contributed by atoms with E-state index >= 15 is 0 Å². The van der Waals surface area contributed by atoms with Crippen LogP contribution in [0.5, 0.6) is 0 Å². The molecule has 7 heteroatoms. The van der Waals surface area contributed by atoms with Gasteiger partial charge in [0, 0.05) is 10.2 Å². The lowest BCUT2D eigenvalue weighted by Gasteiger charge is -2.11. The van der Waals surface area contributed by atoms with Gasteiger partial charge in [-0.3, -0.25) is 4.72 Å². The molecular formula is C16H16BrNO4S. The first-order valence-electron chi connectivity index (χ1n) is 6.89. The number of halogens is 1. The summed E-state index contributed by atoms with van der Waals surface area (Å²) < 4.78 is 33.0. The van der Waals surface area contributed by atoms with Gasteiger partial charge in [0.1, 0.15) is 0 Å². The second kappa shape index (κ2) is 7.14. The largest absolute Gasteiger partial charge is 0.462 e. The summed E-state index contributed by atoms with van der Waals surface area (Å²) in [7, 11) is -3.71. The Morgan fingerprint density at radius 3 is 2.43 bits per heavy atom. The lowest BCUT2D eigenvalue weighted by molar-refractivity contribution is 0.0526. The predicted molar refractivity (Wildman–Crippen MR) is 92.1 cm³/mol. The first-order valence-corrected chi connectivity index (χ1v) is 9.17. The number of rotatable bonds is 5. The molecule has 5 nitrogen and oxygen atoms in total. The number of nitrogens with one attached hydrogen (secondary N) is 1. The molecule has 1 N–H and O–H groups in total. The van der Waals surface area contributed by atoms with Crippen LogP contribution < -0.4 is 4.72 Å². The number of hydrogen-bond acceptors (Lipinski definition) is 4. The van der Waals surface area contributed by atoms with Crippen molar-refractivity contribution in [1.29, 1.82) is 0 Å². The van der Waals surface area contributed by atoms with Crippen molar-refractivity contribution in [2.75, 3.05) is 11.3 Å². The molecule has 2 aromatic rings. The van der Waals surface area contributed by atoms with Crippen LogP contribution in [0.15, 0.2) is 51.8 Å². The van der Waals surface area contributed by atoms with Crippen molar-refractivity contribution in [3.8, 4) is 0 Å². The van der Waals surface area contributed by atoms with Crippen molar-refractivity contribution in [2.45, 2.75) is 18.7 Å². The molecule has 0 aliphatic rings. The van der Waals surface area contributed by atoms with Gasteiger partial charge in [0.2, 0.25) is 0 Å². The molecule has 0 aliphatic heterocycles. The predicted octanol–water partition coefficient (Wildman–Crippen LogP) is 3.74. The Kier molecular flexibility index (Phi) is 5.43. The third kappa shape index (κ3) is 4.33. The van der Waals surface area contributed by atoms with Crippen LogP contribution in [0.2, 0.25) is 0 Å². The molecule has 2 aromatic carbocycles. The standard InChI is InChI=1S/C16H16BrNO4S/c1-3-22-16(19)12-5-8-14(9-6-12)18-23(20,21)15-10-13(17)7-4-11(15)2/h4-10,18H,3H2,1-2H3. The van der Waals surface area contributed by atoms with Gasteiger partial charge in [-0.1, -0.05) is 22.0 Å². The van der Waals surface area contributed by atoms with Crippen LogP contribution in [-0.4, -0.2) is 21.0 Å². The fourth-order valence-electron chi connectivity index (χ4n) is 1.96. The Bertz CT molecular complexity index is 816. The van der Waals surface area contributed by atoms with Gasteiger partial charge in [-0.05, 0) is 55.8 Å². The van der Waals surface area contributed by atoms with Crippen molar-refractivity contribution in [2.24, 2.45) is 0 Å². The van der Waals surface area contributed by atoms with Crippen molar-refractivity contribution in [1.82, 2.24) is 0 Å². The maximum absolute atomic E-state index is 12.5. The van der Waals surface area contributed by atoms with Crippen LogP contribution in [0, 0.1) is 6.92 Å².